The molecular weight excluding hydrogens is 322 g/mol. The lowest BCUT2D eigenvalue weighted by Gasteiger charge is -2.09. The molecule has 1 aromatic carbocycles. The Morgan fingerprint density at radius 2 is 1.54 bits per heavy atom. The average Bonchev–Trinajstić information content (AvgIpc) is 2.66. The van der Waals surface area contributed by atoms with Crippen molar-refractivity contribution >= 4 is 11.1 Å². The van der Waals surface area contributed by atoms with Crippen molar-refractivity contribution < 1.29 is 5.11 Å². The van der Waals surface area contributed by atoms with Crippen molar-refractivity contribution in [2.45, 2.75) is 6.92 Å². The van der Waals surface area contributed by atoms with Gasteiger partial charge in [0.15, 0.2) is 17.5 Å². The van der Waals surface area contributed by atoms with Gasteiger partial charge in [0.25, 0.3) is 0 Å². The molecule has 2 rings (SSSR count). The number of para-hydroxylation sites is 1. The first kappa shape index (κ1) is 18.8. The van der Waals surface area contributed by atoms with Crippen molar-refractivity contribution in [3.63, 3.8) is 0 Å². The quantitative estimate of drug-likeness (QED) is 0.707. The second kappa shape index (κ2) is 9.08. The van der Waals surface area contributed by atoms with Gasteiger partial charge in [0, 0.05) is 11.1 Å². The largest absolute Gasteiger partial charge is 0.507 e. The molecule has 2 aromatic rings. The van der Waals surface area contributed by atoms with E-state index in [1.54, 1.807) is 42.5 Å². The Bertz CT molecular complexity index is 921. The number of benzene rings is 1. The monoisotopic (exact) mass is 343 g/mol. The maximum absolute atomic E-state index is 10.2. The van der Waals surface area contributed by atoms with Crippen molar-refractivity contribution in [1.29, 1.82) is 0 Å². The van der Waals surface area contributed by atoms with Gasteiger partial charge in [-0.2, -0.15) is 0 Å². The van der Waals surface area contributed by atoms with Crippen LogP contribution in [-0.4, -0.2) is 20.1 Å². The maximum atomic E-state index is 10.2. The van der Waals surface area contributed by atoms with Crippen LogP contribution in [0.15, 0.2) is 86.5 Å². The van der Waals surface area contributed by atoms with Gasteiger partial charge in [-0.15, -0.1) is 0 Å². The van der Waals surface area contributed by atoms with Crippen LogP contribution in [0.2, 0.25) is 0 Å². The Hall–Kier alpha value is -3.53. The van der Waals surface area contributed by atoms with E-state index in [2.05, 4.69) is 34.7 Å². The predicted molar refractivity (Wildman–Crippen MR) is 108 cm³/mol. The summed E-state index contributed by atoms with van der Waals surface area (Å²) in [7, 11) is 0. The summed E-state index contributed by atoms with van der Waals surface area (Å²) in [6, 6.07) is 6.92. The van der Waals surface area contributed by atoms with Gasteiger partial charge in [-0.25, -0.2) is 15.0 Å². The normalized spacial score (nSPS) is 12.2. The van der Waals surface area contributed by atoms with E-state index in [4.69, 9.17) is 0 Å². The summed E-state index contributed by atoms with van der Waals surface area (Å²) in [5.41, 5.74) is 2.02. The van der Waals surface area contributed by atoms with Gasteiger partial charge < -0.3 is 5.11 Å². The minimum Gasteiger partial charge on any atom is -0.507 e. The Balaban J connectivity index is 2.79. The Kier molecular flexibility index (Phi) is 6.57. The second-order valence-electron chi connectivity index (χ2n) is 5.24. The molecule has 0 fully saturated rings. The molecule has 0 saturated heterocycles. The van der Waals surface area contributed by atoms with Gasteiger partial charge in [0.2, 0.25) is 0 Å². The third-order valence-electron chi connectivity index (χ3n) is 3.46. The number of hydrogen-bond acceptors (Lipinski definition) is 4. The predicted octanol–water partition coefficient (Wildman–Crippen LogP) is 5.15. The van der Waals surface area contributed by atoms with Crippen LogP contribution in [0.3, 0.4) is 0 Å². The SMILES string of the molecule is C=C/C=C(\C=C)c1nc(C(/C=C\C)=C/C=C)nc(-c2ccccc2O)n1. The number of nitrogens with zero attached hydrogens (tertiary/aromatic N) is 3. The van der Waals surface area contributed by atoms with Crippen molar-refractivity contribution in [2.24, 2.45) is 0 Å². The van der Waals surface area contributed by atoms with Gasteiger partial charge in [-0.1, -0.05) is 74.4 Å². The first-order valence-corrected chi connectivity index (χ1v) is 8.10. The topological polar surface area (TPSA) is 58.9 Å². The number of aromatic hydroxyl groups is 1. The highest BCUT2D eigenvalue weighted by atomic mass is 16.3. The average molecular weight is 343 g/mol. The summed E-state index contributed by atoms with van der Waals surface area (Å²) in [6.07, 6.45) is 12.3. The van der Waals surface area contributed by atoms with Crippen LogP contribution in [0.5, 0.6) is 5.75 Å². The molecule has 26 heavy (non-hydrogen) atoms. The van der Waals surface area contributed by atoms with E-state index in [-0.39, 0.29) is 5.75 Å². The third kappa shape index (κ3) is 4.30. The Labute approximate surface area is 154 Å². The van der Waals surface area contributed by atoms with Gasteiger partial charge in [0.05, 0.1) is 5.56 Å². The lowest BCUT2D eigenvalue weighted by Crippen LogP contribution is -2.04. The molecule has 0 saturated carbocycles. The highest BCUT2D eigenvalue weighted by Crippen LogP contribution is 2.28. The van der Waals surface area contributed by atoms with Crippen molar-refractivity contribution in [3.05, 3.63) is 98.2 Å². The van der Waals surface area contributed by atoms with E-state index in [1.807, 2.05) is 31.2 Å². The smallest absolute Gasteiger partial charge is 0.167 e. The number of aromatic nitrogens is 3. The molecule has 4 heteroatoms. The van der Waals surface area contributed by atoms with Gasteiger partial charge >= 0.3 is 0 Å². The van der Waals surface area contributed by atoms with Crippen LogP contribution in [0, 0.1) is 0 Å². The zero-order valence-corrected chi connectivity index (χ0v) is 14.8. The minimum absolute atomic E-state index is 0.101. The summed E-state index contributed by atoms with van der Waals surface area (Å²) < 4.78 is 0. The molecule has 1 aromatic heterocycles. The lowest BCUT2D eigenvalue weighted by molar-refractivity contribution is 0.477. The van der Waals surface area contributed by atoms with E-state index >= 15 is 0 Å². The van der Waals surface area contributed by atoms with Gasteiger partial charge in [0.1, 0.15) is 5.75 Å². The molecule has 0 aliphatic carbocycles. The van der Waals surface area contributed by atoms with Crippen molar-refractivity contribution in [3.8, 4) is 17.1 Å². The second-order valence-corrected chi connectivity index (χ2v) is 5.24. The first-order chi connectivity index (χ1) is 12.6. The van der Waals surface area contributed by atoms with Crippen LogP contribution in [-0.2, 0) is 0 Å². The fourth-order valence-electron chi connectivity index (χ4n) is 2.29. The molecule has 0 atom stereocenters. The number of rotatable bonds is 7. The molecule has 4 nitrogen and oxygen atoms in total. The van der Waals surface area contributed by atoms with Crippen LogP contribution in [0.25, 0.3) is 22.5 Å². The number of allylic oxidation sites excluding steroid dienone is 9. The van der Waals surface area contributed by atoms with Crippen LogP contribution < -0.4 is 0 Å². The number of hydrogen-bond donors (Lipinski definition) is 1. The molecular formula is C22H21N3O. The maximum Gasteiger partial charge on any atom is 0.167 e. The van der Waals surface area contributed by atoms with Crippen molar-refractivity contribution in [2.75, 3.05) is 0 Å². The Morgan fingerprint density at radius 3 is 2.12 bits per heavy atom. The molecule has 0 amide bonds. The van der Waals surface area contributed by atoms with E-state index in [0.29, 0.717) is 28.6 Å². The van der Waals surface area contributed by atoms with E-state index in [1.165, 1.54) is 0 Å². The molecule has 0 aliphatic rings. The molecule has 0 bridgehead atoms. The highest BCUT2D eigenvalue weighted by molar-refractivity contribution is 5.76. The molecule has 1 heterocycles. The molecule has 0 radical (unpaired) electrons. The zero-order chi connectivity index (χ0) is 18.9. The van der Waals surface area contributed by atoms with Gasteiger partial charge in [-0.05, 0) is 19.1 Å². The number of phenolic OH excluding ortho intramolecular Hbond substituents is 1. The van der Waals surface area contributed by atoms with E-state index < -0.39 is 0 Å². The zero-order valence-electron chi connectivity index (χ0n) is 14.8. The Morgan fingerprint density at radius 1 is 0.923 bits per heavy atom. The molecule has 0 unspecified atom stereocenters. The number of phenols is 1. The van der Waals surface area contributed by atoms with Crippen LogP contribution >= 0.6 is 0 Å². The molecule has 130 valence electrons. The molecule has 1 N–H and O–H groups in total. The van der Waals surface area contributed by atoms with Crippen LogP contribution in [0.4, 0.5) is 0 Å². The van der Waals surface area contributed by atoms with E-state index in [9.17, 15) is 5.11 Å². The summed E-state index contributed by atoms with van der Waals surface area (Å²) in [6.45, 7) is 13.2. The summed E-state index contributed by atoms with van der Waals surface area (Å²) in [5.74, 6) is 1.40. The third-order valence-corrected chi connectivity index (χ3v) is 3.46. The molecule has 0 spiro atoms. The van der Waals surface area contributed by atoms with Gasteiger partial charge in [-0.3, -0.25) is 0 Å². The fourth-order valence-corrected chi connectivity index (χ4v) is 2.29. The highest BCUT2D eigenvalue weighted by Gasteiger charge is 2.14. The fraction of sp³-hybridized carbons (Fsp3) is 0.0455. The minimum atomic E-state index is 0.101. The van der Waals surface area contributed by atoms with Crippen LogP contribution in [0.1, 0.15) is 18.6 Å². The van der Waals surface area contributed by atoms with Crippen molar-refractivity contribution in [1.82, 2.24) is 15.0 Å². The summed E-state index contributed by atoms with van der Waals surface area (Å²) in [5, 5.41) is 10.2. The lowest BCUT2D eigenvalue weighted by atomic mass is 10.1. The summed E-state index contributed by atoms with van der Waals surface area (Å²) >= 11 is 0. The summed E-state index contributed by atoms with van der Waals surface area (Å²) in [4.78, 5) is 13.6. The van der Waals surface area contributed by atoms with E-state index in [0.717, 1.165) is 5.57 Å². The standard InChI is InChI=1S/C22H21N3O/c1-5-11-16(8-4)20-23-21(17(12-6-2)13-7-3)25-22(24-20)18-14-9-10-15-19(18)26/h5-15,26H,1-2,4H2,3H3/b13-7-,16-11+,17-12+. The molecule has 0 aliphatic heterocycles. The first-order valence-electron chi connectivity index (χ1n) is 8.10.